The molecule has 0 radical (unpaired) electrons. The van der Waals surface area contributed by atoms with Gasteiger partial charge in [0.1, 0.15) is 0 Å². The van der Waals surface area contributed by atoms with Gasteiger partial charge in [-0.25, -0.2) is 4.39 Å². The van der Waals surface area contributed by atoms with Crippen LogP contribution >= 0.6 is 50.7 Å². The molecule has 0 aliphatic carbocycles. The third kappa shape index (κ3) is 4.33. The third-order valence-corrected chi connectivity index (χ3v) is 4.38. The molecule has 0 aliphatic heterocycles. The highest BCUT2D eigenvalue weighted by Crippen LogP contribution is 2.59. The molecule has 0 saturated heterocycles. The third-order valence-electron chi connectivity index (χ3n) is 3.27. The number of hydrogen-bond acceptors (Lipinski definition) is 0. The molecule has 0 aromatic heterocycles. The molecule has 0 bridgehead atoms. The van der Waals surface area contributed by atoms with Gasteiger partial charge in [-0.1, -0.05) is 56.8 Å². The monoisotopic (exact) mass is 518 g/mol. The van der Waals surface area contributed by atoms with Crippen LogP contribution in [-0.2, 0) is 12.1 Å². The van der Waals surface area contributed by atoms with Crippen molar-refractivity contribution in [3.8, 4) is 0 Å². The number of aryl methyl sites for hydroxylation is 1. The number of benzene rings is 1. The molecule has 1 rings (SSSR count). The first-order valence-electron chi connectivity index (χ1n) is 6.32. The standard InChI is InChI=1S/C13H7BrCl3F9/c1-5-2-7(6(8(14)3-5)4-9(15,16)17)10(18,12(21,22)23)11(19,20)13(24,25)26/h2-3H,4H2,1H3. The van der Waals surface area contributed by atoms with Gasteiger partial charge >= 0.3 is 23.9 Å². The van der Waals surface area contributed by atoms with E-state index >= 15 is 0 Å². The lowest BCUT2D eigenvalue weighted by molar-refractivity contribution is -0.389. The van der Waals surface area contributed by atoms with Crippen LogP contribution in [0.3, 0.4) is 0 Å². The van der Waals surface area contributed by atoms with Gasteiger partial charge in [0, 0.05) is 16.5 Å². The Bertz CT molecular complexity index is 679. The molecule has 1 unspecified atom stereocenters. The number of alkyl halides is 12. The molecule has 1 aromatic carbocycles. The summed E-state index contributed by atoms with van der Waals surface area (Å²) in [6.07, 6.45) is -14.5. The maximum atomic E-state index is 14.8. The summed E-state index contributed by atoms with van der Waals surface area (Å²) in [5.74, 6) is -6.81. The van der Waals surface area contributed by atoms with Crippen LogP contribution < -0.4 is 0 Å². The summed E-state index contributed by atoms with van der Waals surface area (Å²) in [4.78, 5) is 0. The maximum Gasteiger partial charge on any atom is 0.457 e. The Hall–Kier alpha value is -0.0600. The first-order valence-corrected chi connectivity index (χ1v) is 8.25. The maximum absolute atomic E-state index is 14.8. The molecule has 0 amide bonds. The van der Waals surface area contributed by atoms with E-state index in [4.69, 9.17) is 34.8 Å². The molecule has 150 valence electrons. The van der Waals surface area contributed by atoms with Gasteiger partial charge in [0.2, 0.25) is 0 Å². The number of halogens is 13. The summed E-state index contributed by atoms with van der Waals surface area (Å²) in [5, 5.41) is 0. The molecule has 0 nitrogen and oxygen atoms in total. The summed E-state index contributed by atoms with van der Waals surface area (Å²) < 4.78 is 117. The quantitative estimate of drug-likeness (QED) is 0.285. The zero-order valence-corrected chi connectivity index (χ0v) is 16.1. The Morgan fingerprint density at radius 2 is 1.31 bits per heavy atom. The van der Waals surface area contributed by atoms with Gasteiger partial charge in [-0.2, -0.15) is 35.1 Å². The summed E-state index contributed by atoms with van der Waals surface area (Å²) in [5.41, 5.74) is -9.33. The molecule has 0 saturated carbocycles. The highest BCUT2D eigenvalue weighted by molar-refractivity contribution is 9.10. The lowest BCUT2D eigenvalue weighted by Gasteiger charge is -2.37. The fourth-order valence-electron chi connectivity index (χ4n) is 2.15. The zero-order valence-electron chi connectivity index (χ0n) is 12.3. The Morgan fingerprint density at radius 3 is 1.65 bits per heavy atom. The molecule has 0 heterocycles. The first kappa shape index (κ1) is 24.0. The van der Waals surface area contributed by atoms with Gasteiger partial charge in [0.25, 0.3) is 0 Å². The predicted octanol–water partition coefficient (Wildman–Crippen LogP) is 7.59. The van der Waals surface area contributed by atoms with Crippen LogP contribution in [0, 0.1) is 6.92 Å². The average Bonchev–Trinajstić information content (AvgIpc) is 2.36. The van der Waals surface area contributed by atoms with Crippen molar-refractivity contribution in [2.24, 2.45) is 0 Å². The van der Waals surface area contributed by atoms with E-state index in [0.29, 0.717) is 0 Å². The van der Waals surface area contributed by atoms with Gasteiger partial charge in [0.15, 0.2) is 3.79 Å². The van der Waals surface area contributed by atoms with Gasteiger partial charge in [-0.05, 0) is 24.1 Å². The van der Waals surface area contributed by atoms with Crippen molar-refractivity contribution in [2.45, 2.75) is 41.1 Å². The first-order chi connectivity index (χ1) is 11.3. The molecule has 13 heteroatoms. The van der Waals surface area contributed by atoms with E-state index in [0.717, 1.165) is 13.0 Å². The van der Waals surface area contributed by atoms with Crippen LogP contribution in [0.15, 0.2) is 16.6 Å². The summed E-state index contributed by atoms with van der Waals surface area (Å²) in [6.45, 7) is 1.07. The van der Waals surface area contributed by atoms with Crippen molar-refractivity contribution < 1.29 is 39.5 Å². The Kier molecular flexibility index (Phi) is 6.53. The lowest BCUT2D eigenvalue weighted by Crippen LogP contribution is -2.60. The second-order valence-corrected chi connectivity index (χ2v) is 8.66. The van der Waals surface area contributed by atoms with Crippen LogP contribution in [-0.4, -0.2) is 22.1 Å². The molecule has 1 aromatic rings. The van der Waals surface area contributed by atoms with Gasteiger partial charge in [0.05, 0.1) is 0 Å². The Morgan fingerprint density at radius 1 is 0.846 bits per heavy atom. The molecule has 0 aliphatic rings. The molecule has 1 atom stereocenters. The van der Waals surface area contributed by atoms with E-state index in [-0.39, 0.29) is 11.6 Å². The minimum atomic E-state index is -6.84. The van der Waals surface area contributed by atoms with Crippen LogP contribution in [0.1, 0.15) is 16.7 Å². The largest absolute Gasteiger partial charge is 0.457 e. The van der Waals surface area contributed by atoms with Gasteiger partial charge < -0.3 is 0 Å². The van der Waals surface area contributed by atoms with E-state index < -0.39 is 49.8 Å². The van der Waals surface area contributed by atoms with Crippen molar-refractivity contribution in [3.05, 3.63) is 33.3 Å². The second-order valence-electron chi connectivity index (χ2n) is 5.29. The molecular weight excluding hydrogens is 513 g/mol. The normalized spacial score (nSPS) is 16.5. The van der Waals surface area contributed by atoms with Crippen molar-refractivity contribution in [2.75, 3.05) is 0 Å². The van der Waals surface area contributed by atoms with E-state index in [1.807, 2.05) is 0 Å². The highest BCUT2D eigenvalue weighted by atomic mass is 79.9. The van der Waals surface area contributed by atoms with E-state index in [1.54, 1.807) is 0 Å². The predicted molar refractivity (Wildman–Crippen MR) is 82.7 cm³/mol. The summed E-state index contributed by atoms with van der Waals surface area (Å²) in [7, 11) is 0. The second kappa shape index (κ2) is 7.08. The van der Waals surface area contributed by atoms with Gasteiger partial charge in [-0.3, -0.25) is 0 Å². The SMILES string of the molecule is Cc1cc(Br)c(CC(Cl)(Cl)Cl)c(C(F)(C(F)(F)F)C(F)(F)C(F)(F)F)c1. The van der Waals surface area contributed by atoms with Crippen molar-refractivity contribution in [1.82, 2.24) is 0 Å². The molecule has 26 heavy (non-hydrogen) atoms. The Balaban J connectivity index is 3.97. The average molecular weight is 520 g/mol. The number of rotatable bonds is 3. The minimum Gasteiger partial charge on any atom is -0.221 e. The summed E-state index contributed by atoms with van der Waals surface area (Å²) in [6, 6.07) is 1.27. The highest BCUT2D eigenvalue weighted by Gasteiger charge is 2.82. The minimum absolute atomic E-state index is 0.212. The van der Waals surface area contributed by atoms with Crippen LogP contribution in [0.2, 0.25) is 0 Å². The lowest BCUT2D eigenvalue weighted by atomic mass is 9.83. The van der Waals surface area contributed by atoms with Crippen molar-refractivity contribution in [3.63, 3.8) is 0 Å². The molecule has 0 fully saturated rings. The Labute approximate surface area is 164 Å². The fourth-order valence-corrected chi connectivity index (χ4v) is 3.27. The summed E-state index contributed by atoms with van der Waals surface area (Å²) >= 11 is 18.9. The number of hydrogen-bond donors (Lipinski definition) is 0. The zero-order chi connectivity index (χ0) is 20.9. The van der Waals surface area contributed by atoms with Gasteiger partial charge in [-0.15, -0.1) is 0 Å². The topological polar surface area (TPSA) is 0 Å². The molecular formula is C13H7BrCl3F9. The van der Waals surface area contributed by atoms with Crippen LogP contribution in [0.5, 0.6) is 0 Å². The van der Waals surface area contributed by atoms with E-state index in [9.17, 15) is 39.5 Å². The van der Waals surface area contributed by atoms with Crippen LogP contribution in [0.4, 0.5) is 39.5 Å². The van der Waals surface area contributed by atoms with Crippen molar-refractivity contribution in [1.29, 1.82) is 0 Å². The molecule has 0 spiro atoms. The smallest absolute Gasteiger partial charge is 0.221 e. The van der Waals surface area contributed by atoms with Crippen LogP contribution in [0.25, 0.3) is 0 Å². The molecule has 0 N–H and O–H groups in total. The van der Waals surface area contributed by atoms with E-state index in [1.165, 1.54) is 0 Å². The fraction of sp³-hybridized carbons (Fsp3) is 0.538. The van der Waals surface area contributed by atoms with Crippen molar-refractivity contribution >= 4 is 50.7 Å². The van der Waals surface area contributed by atoms with E-state index in [2.05, 4.69) is 15.9 Å².